The second-order valence-corrected chi connectivity index (χ2v) is 5.77. The summed E-state index contributed by atoms with van der Waals surface area (Å²) in [6.45, 7) is 2.59. The fourth-order valence-corrected chi connectivity index (χ4v) is 3.12. The third-order valence-corrected chi connectivity index (χ3v) is 4.44. The van der Waals surface area contributed by atoms with Crippen molar-refractivity contribution in [3.8, 4) is 0 Å². The molecule has 17 heavy (non-hydrogen) atoms. The van der Waals surface area contributed by atoms with Crippen LogP contribution in [0.25, 0.3) is 0 Å². The van der Waals surface area contributed by atoms with E-state index in [2.05, 4.69) is 15.6 Å². The second kappa shape index (κ2) is 5.50. The molecule has 1 aliphatic rings. The van der Waals surface area contributed by atoms with Crippen LogP contribution in [0.3, 0.4) is 0 Å². The zero-order chi connectivity index (χ0) is 12.3. The van der Waals surface area contributed by atoms with Gasteiger partial charge in [-0.1, -0.05) is 0 Å². The molecule has 5 nitrogen and oxygen atoms in total. The van der Waals surface area contributed by atoms with Crippen LogP contribution in [0, 0.1) is 6.92 Å². The molecular formula is C10H13N3O2S2. The highest BCUT2D eigenvalue weighted by Gasteiger charge is 2.25. The maximum atomic E-state index is 11.6. The molecule has 0 spiro atoms. The fraction of sp³-hybridized carbons (Fsp3) is 0.500. The first-order valence-electron chi connectivity index (χ1n) is 5.26. The van der Waals surface area contributed by atoms with Crippen molar-refractivity contribution in [2.75, 3.05) is 17.6 Å². The molecule has 1 aromatic heterocycles. The van der Waals surface area contributed by atoms with E-state index >= 15 is 0 Å². The summed E-state index contributed by atoms with van der Waals surface area (Å²) in [4.78, 5) is 27.0. The standard InChI is InChI=1S/C10H13N3O2S2/c1-6-4-17-10(12-6)13-8(14)5-16-7-2-3-11-9(7)15/h4,7H,2-3,5H2,1H3,(H,11,15)(H,12,13,14)/t7-/m1/s1. The predicted octanol–water partition coefficient (Wildman–Crippen LogP) is 1.01. The van der Waals surface area contributed by atoms with E-state index in [0.717, 1.165) is 12.1 Å². The number of aromatic nitrogens is 1. The highest BCUT2D eigenvalue weighted by molar-refractivity contribution is 8.01. The van der Waals surface area contributed by atoms with Crippen LogP contribution in [0.15, 0.2) is 5.38 Å². The number of thioether (sulfide) groups is 1. The number of nitrogens with zero attached hydrogens (tertiary/aromatic N) is 1. The molecule has 1 saturated heterocycles. The molecule has 2 N–H and O–H groups in total. The highest BCUT2D eigenvalue weighted by atomic mass is 32.2. The van der Waals surface area contributed by atoms with Gasteiger partial charge in [0.2, 0.25) is 11.8 Å². The Bertz CT molecular complexity index is 433. The number of hydrogen-bond acceptors (Lipinski definition) is 5. The molecule has 0 saturated carbocycles. The van der Waals surface area contributed by atoms with E-state index in [-0.39, 0.29) is 22.8 Å². The lowest BCUT2D eigenvalue weighted by Crippen LogP contribution is -2.23. The predicted molar refractivity (Wildman–Crippen MR) is 69.4 cm³/mol. The highest BCUT2D eigenvalue weighted by Crippen LogP contribution is 2.19. The SMILES string of the molecule is Cc1csc(NC(=O)CS[C@@H]2CCNC2=O)n1. The van der Waals surface area contributed by atoms with Crippen LogP contribution >= 0.6 is 23.1 Å². The average molecular weight is 271 g/mol. The molecule has 1 fully saturated rings. The van der Waals surface area contributed by atoms with Crippen molar-refractivity contribution in [1.29, 1.82) is 0 Å². The van der Waals surface area contributed by atoms with Gasteiger partial charge in [0, 0.05) is 11.9 Å². The lowest BCUT2D eigenvalue weighted by atomic mass is 10.4. The van der Waals surface area contributed by atoms with Crippen LogP contribution < -0.4 is 10.6 Å². The van der Waals surface area contributed by atoms with Crippen LogP contribution in [-0.2, 0) is 9.59 Å². The van der Waals surface area contributed by atoms with Gasteiger partial charge in [-0.2, -0.15) is 0 Å². The Labute approximate surface area is 107 Å². The topological polar surface area (TPSA) is 71.1 Å². The number of nitrogens with one attached hydrogen (secondary N) is 2. The average Bonchev–Trinajstić information content (AvgIpc) is 2.85. The zero-order valence-electron chi connectivity index (χ0n) is 9.36. The molecular weight excluding hydrogens is 258 g/mol. The number of aryl methyl sites for hydroxylation is 1. The molecule has 2 heterocycles. The molecule has 0 radical (unpaired) electrons. The van der Waals surface area contributed by atoms with Gasteiger partial charge in [0.25, 0.3) is 0 Å². The lowest BCUT2D eigenvalue weighted by molar-refractivity contribution is -0.118. The normalized spacial score (nSPS) is 19.1. The van der Waals surface area contributed by atoms with Gasteiger partial charge in [0.05, 0.1) is 16.7 Å². The molecule has 1 aromatic rings. The van der Waals surface area contributed by atoms with Gasteiger partial charge in [0.1, 0.15) is 0 Å². The number of rotatable bonds is 4. The van der Waals surface area contributed by atoms with Crippen molar-refractivity contribution in [3.05, 3.63) is 11.1 Å². The quantitative estimate of drug-likeness (QED) is 0.857. The fourth-order valence-electron chi connectivity index (χ4n) is 1.47. The van der Waals surface area contributed by atoms with E-state index in [1.54, 1.807) is 0 Å². The summed E-state index contributed by atoms with van der Waals surface area (Å²) in [5.74, 6) is 0.216. The Kier molecular flexibility index (Phi) is 4.01. The number of carbonyl (C=O) groups is 2. The summed E-state index contributed by atoms with van der Waals surface area (Å²) in [5, 5.41) is 7.87. The van der Waals surface area contributed by atoms with Gasteiger partial charge in [-0.25, -0.2) is 4.98 Å². The molecule has 1 atom stereocenters. The summed E-state index contributed by atoms with van der Waals surface area (Å²) in [5.41, 5.74) is 0.896. The number of hydrogen-bond donors (Lipinski definition) is 2. The van der Waals surface area contributed by atoms with Crippen molar-refractivity contribution in [3.63, 3.8) is 0 Å². The first kappa shape index (κ1) is 12.4. The van der Waals surface area contributed by atoms with Crippen molar-refractivity contribution >= 4 is 40.0 Å². The zero-order valence-corrected chi connectivity index (χ0v) is 11.0. The van der Waals surface area contributed by atoms with Gasteiger partial charge in [-0.3, -0.25) is 9.59 Å². The van der Waals surface area contributed by atoms with Crippen LogP contribution in [0.2, 0.25) is 0 Å². The summed E-state index contributed by atoms with van der Waals surface area (Å²) < 4.78 is 0. The van der Waals surface area contributed by atoms with Crippen molar-refractivity contribution in [2.24, 2.45) is 0 Å². The smallest absolute Gasteiger partial charge is 0.236 e. The van der Waals surface area contributed by atoms with E-state index in [4.69, 9.17) is 0 Å². The van der Waals surface area contributed by atoms with Crippen LogP contribution in [0.5, 0.6) is 0 Å². The Balaban J connectivity index is 1.76. The summed E-state index contributed by atoms with van der Waals surface area (Å²) in [6.07, 6.45) is 0.799. The Hall–Kier alpha value is -1.08. The van der Waals surface area contributed by atoms with Gasteiger partial charge in [0.15, 0.2) is 5.13 Å². The third-order valence-electron chi connectivity index (χ3n) is 2.28. The van der Waals surface area contributed by atoms with E-state index in [9.17, 15) is 9.59 Å². The summed E-state index contributed by atoms with van der Waals surface area (Å²) in [7, 11) is 0. The Morgan fingerprint density at radius 2 is 2.59 bits per heavy atom. The molecule has 1 aliphatic heterocycles. The van der Waals surface area contributed by atoms with Gasteiger partial charge >= 0.3 is 0 Å². The first-order chi connectivity index (χ1) is 8.15. The van der Waals surface area contributed by atoms with Gasteiger partial charge < -0.3 is 10.6 Å². The monoisotopic (exact) mass is 271 g/mol. The molecule has 0 aliphatic carbocycles. The summed E-state index contributed by atoms with van der Waals surface area (Å²) >= 11 is 2.78. The van der Waals surface area contributed by atoms with Crippen molar-refractivity contribution in [1.82, 2.24) is 10.3 Å². The molecule has 0 aromatic carbocycles. The number of carbonyl (C=O) groups excluding carboxylic acids is 2. The maximum Gasteiger partial charge on any atom is 0.236 e. The van der Waals surface area contributed by atoms with E-state index in [1.807, 2.05) is 12.3 Å². The molecule has 0 bridgehead atoms. The van der Waals surface area contributed by atoms with Crippen LogP contribution in [0.1, 0.15) is 12.1 Å². The molecule has 7 heteroatoms. The lowest BCUT2D eigenvalue weighted by Gasteiger charge is -2.05. The minimum absolute atomic E-state index is 0.0351. The maximum absolute atomic E-state index is 11.6. The van der Waals surface area contributed by atoms with Gasteiger partial charge in [-0.05, 0) is 13.3 Å². The van der Waals surface area contributed by atoms with Crippen LogP contribution in [-0.4, -0.2) is 34.3 Å². The van der Waals surface area contributed by atoms with Crippen molar-refractivity contribution < 1.29 is 9.59 Å². The van der Waals surface area contributed by atoms with Crippen molar-refractivity contribution in [2.45, 2.75) is 18.6 Å². The van der Waals surface area contributed by atoms with E-state index in [1.165, 1.54) is 23.1 Å². The Morgan fingerprint density at radius 3 is 3.18 bits per heavy atom. The third kappa shape index (κ3) is 3.44. The van der Waals surface area contributed by atoms with Crippen LogP contribution in [0.4, 0.5) is 5.13 Å². The van der Waals surface area contributed by atoms with E-state index in [0.29, 0.717) is 11.7 Å². The second-order valence-electron chi connectivity index (χ2n) is 3.72. The Morgan fingerprint density at radius 1 is 1.76 bits per heavy atom. The number of anilines is 1. The molecule has 92 valence electrons. The largest absolute Gasteiger partial charge is 0.355 e. The molecule has 0 unspecified atom stereocenters. The summed E-state index contributed by atoms with van der Waals surface area (Å²) in [6, 6.07) is 0. The first-order valence-corrected chi connectivity index (χ1v) is 7.19. The van der Waals surface area contributed by atoms with E-state index < -0.39 is 0 Å². The minimum Gasteiger partial charge on any atom is -0.355 e. The minimum atomic E-state index is -0.107. The molecule has 2 amide bonds. The number of thiazole rings is 1. The van der Waals surface area contributed by atoms with Gasteiger partial charge in [-0.15, -0.1) is 23.1 Å². The molecule has 2 rings (SSSR count). The number of amides is 2.